The van der Waals surface area contributed by atoms with E-state index in [2.05, 4.69) is 10.6 Å². The summed E-state index contributed by atoms with van der Waals surface area (Å²) in [6.07, 6.45) is -1.14. The zero-order valence-corrected chi connectivity index (χ0v) is 19.4. The van der Waals surface area contributed by atoms with E-state index >= 15 is 0 Å². The van der Waals surface area contributed by atoms with Crippen molar-refractivity contribution in [3.05, 3.63) is 71.8 Å². The van der Waals surface area contributed by atoms with E-state index in [1.54, 1.807) is 60.7 Å². The first-order valence-corrected chi connectivity index (χ1v) is 13.9. The summed E-state index contributed by atoms with van der Waals surface area (Å²) < 4.78 is 34.5. The Balaban J connectivity index is 2.13. The van der Waals surface area contributed by atoms with E-state index in [9.17, 15) is 23.2 Å². The fourth-order valence-corrected chi connectivity index (χ4v) is 3.44. The lowest BCUT2D eigenvalue weighted by molar-refractivity contribution is -0.159. The maximum Gasteiger partial charge on any atom is 0.408 e. The molecule has 0 aromatic heterocycles. The average molecular weight is 463 g/mol. The second kappa shape index (κ2) is 11.0. The molecule has 2 aromatic carbocycles. The number of carbonyl (C=O) groups is 3. The number of halogens is 2. The van der Waals surface area contributed by atoms with Crippen LogP contribution in [0.3, 0.4) is 0 Å². The molecule has 172 valence electrons. The minimum atomic E-state index is -4.30. The Kier molecular flexibility index (Phi) is 8.65. The Bertz CT molecular complexity index is 919. The Morgan fingerprint density at radius 3 is 2.00 bits per heavy atom. The number of amides is 2. The monoisotopic (exact) mass is 462 g/mol. The summed E-state index contributed by atoms with van der Waals surface area (Å²) in [4.78, 5) is 37.0. The number of ether oxygens (including phenoxy) is 1. The molecule has 0 aliphatic rings. The Morgan fingerprint density at radius 2 is 1.47 bits per heavy atom. The molecule has 0 fully saturated rings. The van der Waals surface area contributed by atoms with Crippen molar-refractivity contribution in [2.75, 3.05) is 6.17 Å². The molecule has 32 heavy (non-hydrogen) atoms. The number of benzene rings is 2. The molecule has 0 saturated carbocycles. The lowest BCUT2D eigenvalue weighted by atomic mass is 9.98. The van der Waals surface area contributed by atoms with E-state index in [0.29, 0.717) is 11.1 Å². The van der Waals surface area contributed by atoms with Crippen LogP contribution in [0.2, 0.25) is 19.6 Å². The van der Waals surface area contributed by atoms with Crippen LogP contribution in [0.5, 0.6) is 0 Å². The summed E-state index contributed by atoms with van der Waals surface area (Å²) in [5, 5.41) is 4.38. The summed E-state index contributed by atoms with van der Waals surface area (Å²) in [6.45, 7) is 5.60. The minimum Gasteiger partial charge on any atom is -0.445 e. The van der Waals surface area contributed by atoms with Crippen LogP contribution in [0.4, 0.5) is 13.6 Å². The highest BCUT2D eigenvalue weighted by molar-refractivity contribution is 6.76. The highest BCUT2D eigenvalue weighted by Crippen LogP contribution is 2.20. The molecule has 9 heteroatoms. The standard InChI is InChI=1S/C23H28F2N2O4Si/c1-32(2,3)16-26-21(29)23(24,25)20(28)19(14-17-10-6-4-7-11-17)27-22(30)31-15-18-12-8-5-9-13-18/h4-13,19H,14-16H2,1-3H3,(H,26,29)(H,27,30). The summed E-state index contributed by atoms with van der Waals surface area (Å²) in [5.74, 6) is -7.65. The smallest absolute Gasteiger partial charge is 0.408 e. The normalized spacial score (nSPS) is 12.5. The second-order valence-electron chi connectivity index (χ2n) is 8.63. The zero-order valence-electron chi connectivity index (χ0n) is 18.4. The largest absolute Gasteiger partial charge is 0.445 e. The molecule has 0 aliphatic carbocycles. The predicted molar refractivity (Wildman–Crippen MR) is 120 cm³/mol. The van der Waals surface area contributed by atoms with Gasteiger partial charge in [-0.15, -0.1) is 0 Å². The lowest BCUT2D eigenvalue weighted by Crippen LogP contribution is -2.56. The fraction of sp³-hybridized carbons (Fsp3) is 0.348. The van der Waals surface area contributed by atoms with Crippen LogP contribution in [-0.4, -0.2) is 44.0 Å². The van der Waals surface area contributed by atoms with Gasteiger partial charge >= 0.3 is 12.0 Å². The van der Waals surface area contributed by atoms with Crippen molar-refractivity contribution in [2.45, 2.75) is 44.6 Å². The maximum atomic E-state index is 14.7. The molecule has 0 aliphatic heterocycles. The molecule has 0 bridgehead atoms. The van der Waals surface area contributed by atoms with Gasteiger partial charge in [0.05, 0.1) is 8.07 Å². The van der Waals surface area contributed by atoms with Crippen LogP contribution in [0, 0.1) is 0 Å². The number of Topliss-reactive ketones (excluding diaryl/α,β-unsaturated/α-hetero) is 1. The van der Waals surface area contributed by atoms with E-state index in [1.807, 2.05) is 19.6 Å². The van der Waals surface area contributed by atoms with Crippen molar-refractivity contribution in [2.24, 2.45) is 0 Å². The van der Waals surface area contributed by atoms with Gasteiger partial charge < -0.3 is 15.4 Å². The average Bonchev–Trinajstić information content (AvgIpc) is 2.76. The molecule has 2 aromatic rings. The Morgan fingerprint density at radius 1 is 0.938 bits per heavy atom. The number of hydrogen-bond donors (Lipinski definition) is 2. The number of hydrogen-bond acceptors (Lipinski definition) is 4. The molecule has 0 heterocycles. The number of ketones is 1. The molecule has 0 spiro atoms. The van der Waals surface area contributed by atoms with Crippen LogP contribution in [-0.2, 0) is 27.4 Å². The van der Waals surface area contributed by atoms with E-state index in [4.69, 9.17) is 4.74 Å². The molecule has 2 rings (SSSR count). The highest BCUT2D eigenvalue weighted by Gasteiger charge is 2.50. The number of nitrogens with one attached hydrogen (secondary N) is 2. The first-order valence-electron chi connectivity index (χ1n) is 10.2. The van der Waals surface area contributed by atoms with E-state index in [0.717, 1.165) is 0 Å². The van der Waals surface area contributed by atoms with Gasteiger partial charge in [-0.3, -0.25) is 9.59 Å². The number of rotatable bonds is 10. The van der Waals surface area contributed by atoms with Crippen LogP contribution >= 0.6 is 0 Å². The van der Waals surface area contributed by atoms with E-state index in [1.165, 1.54) is 0 Å². The molecule has 1 unspecified atom stereocenters. The summed E-state index contributed by atoms with van der Waals surface area (Å²) in [5.41, 5.74) is 1.25. The Labute approximate surface area is 187 Å². The van der Waals surface area contributed by atoms with Crippen LogP contribution in [0.1, 0.15) is 11.1 Å². The molecular formula is C23H28F2N2O4Si. The summed E-state index contributed by atoms with van der Waals surface area (Å²) >= 11 is 0. The third-order valence-corrected chi connectivity index (χ3v) is 5.72. The molecule has 2 N–H and O–H groups in total. The van der Waals surface area contributed by atoms with E-state index in [-0.39, 0.29) is 19.2 Å². The molecule has 1 atom stereocenters. The van der Waals surface area contributed by atoms with Crippen molar-refractivity contribution in [1.29, 1.82) is 0 Å². The van der Waals surface area contributed by atoms with Gasteiger partial charge in [0.25, 0.3) is 5.91 Å². The maximum absolute atomic E-state index is 14.7. The predicted octanol–water partition coefficient (Wildman–Crippen LogP) is 3.72. The van der Waals surface area contributed by atoms with Gasteiger partial charge in [0.2, 0.25) is 5.78 Å². The lowest BCUT2D eigenvalue weighted by Gasteiger charge is -2.24. The molecule has 0 radical (unpaired) electrons. The van der Waals surface area contributed by atoms with Crippen molar-refractivity contribution in [3.8, 4) is 0 Å². The number of alkyl halides is 2. The van der Waals surface area contributed by atoms with Gasteiger partial charge in [0.1, 0.15) is 12.6 Å². The molecular weight excluding hydrogens is 434 g/mol. The summed E-state index contributed by atoms with van der Waals surface area (Å²) in [7, 11) is -1.86. The third-order valence-electron chi connectivity index (χ3n) is 4.48. The van der Waals surface area contributed by atoms with Crippen LogP contribution in [0.15, 0.2) is 60.7 Å². The van der Waals surface area contributed by atoms with Crippen molar-refractivity contribution < 1.29 is 27.9 Å². The third kappa shape index (κ3) is 7.88. The fourth-order valence-electron chi connectivity index (χ4n) is 2.75. The SMILES string of the molecule is C[Si](C)(C)CNC(=O)C(F)(F)C(=O)C(Cc1ccccc1)NC(=O)OCc1ccccc1. The van der Waals surface area contributed by atoms with Gasteiger partial charge in [0.15, 0.2) is 0 Å². The Hall–Kier alpha value is -3.07. The first kappa shape index (κ1) is 25.2. The van der Waals surface area contributed by atoms with Gasteiger partial charge in [-0.2, -0.15) is 8.78 Å². The second-order valence-corrected chi connectivity index (χ2v) is 14.1. The molecule has 0 saturated heterocycles. The minimum absolute atomic E-state index is 0.0913. The molecule has 6 nitrogen and oxygen atoms in total. The number of alkyl carbamates (subject to hydrolysis) is 1. The van der Waals surface area contributed by atoms with Gasteiger partial charge in [-0.05, 0) is 11.1 Å². The highest BCUT2D eigenvalue weighted by atomic mass is 28.3. The molecule has 2 amide bonds. The quantitative estimate of drug-likeness (QED) is 0.416. The van der Waals surface area contributed by atoms with Crippen LogP contribution < -0.4 is 10.6 Å². The van der Waals surface area contributed by atoms with Crippen molar-refractivity contribution in [3.63, 3.8) is 0 Å². The van der Waals surface area contributed by atoms with Gasteiger partial charge in [0, 0.05) is 12.6 Å². The summed E-state index contributed by atoms with van der Waals surface area (Å²) in [6, 6.07) is 15.5. The van der Waals surface area contributed by atoms with E-state index < -0.39 is 37.8 Å². The zero-order chi connectivity index (χ0) is 23.8. The van der Waals surface area contributed by atoms with Crippen molar-refractivity contribution in [1.82, 2.24) is 10.6 Å². The number of carbonyl (C=O) groups excluding carboxylic acids is 3. The van der Waals surface area contributed by atoms with Gasteiger partial charge in [-0.25, -0.2) is 4.79 Å². The van der Waals surface area contributed by atoms with Crippen LogP contribution in [0.25, 0.3) is 0 Å². The van der Waals surface area contributed by atoms with Gasteiger partial charge in [-0.1, -0.05) is 80.3 Å². The van der Waals surface area contributed by atoms with Crippen molar-refractivity contribution >= 4 is 25.9 Å². The topological polar surface area (TPSA) is 84.5 Å². The first-order chi connectivity index (χ1) is 15.0.